The third kappa shape index (κ3) is 1.94. The molecule has 6 rings (SSSR count). The Hall–Kier alpha value is -1.63. The molecular weight excluding hydrogens is 268 g/mol. The van der Waals surface area contributed by atoms with Crippen LogP contribution < -0.4 is 9.47 Å². The summed E-state index contributed by atoms with van der Waals surface area (Å²) < 4.78 is 10.8. The molecule has 4 fully saturated rings. The zero-order valence-electron chi connectivity index (χ0n) is 11.9. The first kappa shape index (κ1) is 12.0. The molecule has 1 aromatic carbocycles. The molecule has 0 radical (unpaired) electrons. The van der Waals surface area contributed by atoms with Gasteiger partial charge in [-0.2, -0.15) is 0 Å². The average molecular weight is 286 g/mol. The predicted octanol–water partition coefficient (Wildman–Crippen LogP) is 0.392. The normalized spacial score (nSPS) is 39.3. The van der Waals surface area contributed by atoms with E-state index in [0.717, 1.165) is 56.7 Å². The van der Waals surface area contributed by atoms with Gasteiger partial charge in [0.05, 0.1) is 25.5 Å². The summed E-state index contributed by atoms with van der Waals surface area (Å²) >= 11 is 0. The van der Waals surface area contributed by atoms with Crippen LogP contribution in [0.25, 0.3) is 0 Å². The van der Waals surface area contributed by atoms with E-state index < -0.39 is 0 Å². The molecule has 1 aromatic rings. The van der Waals surface area contributed by atoms with Crippen LogP contribution in [-0.2, 0) is 0 Å². The molecule has 0 N–H and O–H groups in total. The number of benzene rings is 1. The van der Waals surface area contributed by atoms with Crippen LogP contribution in [0.2, 0.25) is 0 Å². The lowest BCUT2D eigenvalue weighted by Gasteiger charge is -2.59. The summed E-state index contributed by atoms with van der Waals surface area (Å²) in [5.74, 6) is 1.64. The van der Waals surface area contributed by atoms with E-state index in [9.17, 15) is 0 Å². The average Bonchev–Trinajstić information content (AvgIpc) is 2.91. The van der Waals surface area contributed by atoms with Crippen molar-refractivity contribution in [3.05, 3.63) is 23.8 Å². The van der Waals surface area contributed by atoms with Gasteiger partial charge in [-0.25, -0.2) is 0 Å². The van der Waals surface area contributed by atoms with Crippen LogP contribution in [-0.4, -0.2) is 72.9 Å². The van der Waals surface area contributed by atoms with Crippen molar-refractivity contribution in [3.63, 3.8) is 0 Å². The van der Waals surface area contributed by atoms with Gasteiger partial charge in [0.2, 0.25) is 6.79 Å². The van der Waals surface area contributed by atoms with E-state index in [1.165, 1.54) is 0 Å². The summed E-state index contributed by atoms with van der Waals surface area (Å²) in [5, 5.41) is 0. The monoisotopic (exact) mass is 286 g/mol. The lowest BCUT2D eigenvalue weighted by atomic mass is 9.91. The molecule has 0 atom stereocenters. The molecule has 110 valence electrons. The van der Waals surface area contributed by atoms with Gasteiger partial charge in [0, 0.05) is 25.8 Å². The van der Waals surface area contributed by atoms with Crippen molar-refractivity contribution in [2.75, 3.05) is 46.4 Å². The van der Waals surface area contributed by atoms with Crippen molar-refractivity contribution in [2.45, 2.75) is 5.54 Å². The second kappa shape index (κ2) is 4.19. The Morgan fingerprint density at radius 2 is 1.62 bits per heavy atom. The van der Waals surface area contributed by atoms with Crippen LogP contribution in [0.15, 0.2) is 23.2 Å². The van der Waals surface area contributed by atoms with Crippen molar-refractivity contribution < 1.29 is 9.47 Å². The van der Waals surface area contributed by atoms with Crippen molar-refractivity contribution >= 4 is 6.21 Å². The van der Waals surface area contributed by atoms with Gasteiger partial charge in [-0.1, -0.05) is 0 Å². The van der Waals surface area contributed by atoms with Crippen LogP contribution in [0, 0.1) is 0 Å². The summed E-state index contributed by atoms with van der Waals surface area (Å²) in [6.07, 6.45) is 2.00. The van der Waals surface area contributed by atoms with Gasteiger partial charge in [0.15, 0.2) is 11.5 Å². The molecule has 0 spiro atoms. The summed E-state index contributed by atoms with van der Waals surface area (Å²) in [6, 6.07) is 6.01. The van der Waals surface area contributed by atoms with Gasteiger partial charge in [0.25, 0.3) is 0 Å². The fourth-order valence-electron chi connectivity index (χ4n) is 4.01. The summed E-state index contributed by atoms with van der Waals surface area (Å²) in [4.78, 5) is 12.4. The van der Waals surface area contributed by atoms with Crippen LogP contribution in [0.5, 0.6) is 11.5 Å². The van der Waals surface area contributed by atoms with Gasteiger partial charge in [-0.05, 0) is 23.8 Å². The van der Waals surface area contributed by atoms with E-state index in [1.807, 2.05) is 24.4 Å². The molecule has 4 saturated heterocycles. The highest BCUT2D eigenvalue weighted by molar-refractivity contribution is 5.81. The van der Waals surface area contributed by atoms with Gasteiger partial charge >= 0.3 is 0 Å². The molecule has 6 heteroatoms. The van der Waals surface area contributed by atoms with E-state index in [4.69, 9.17) is 14.5 Å². The molecule has 5 aliphatic rings. The standard InChI is InChI=1S/C15H18N4O2/c1-2-13-14(21-11-20-13)3-12(1)4-16-15-5-17-8-18(6-15)10-19(7-15)9-17/h1-4H,5-11H2. The predicted molar refractivity (Wildman–Crippen MR) is 77.6 cm³/mol. The second-order valence-corrected chi connectivity index (χ2v) is 6.51. The van der Waals surface area contributed by atoms with E-state index in [1.54, 1.807) is 0 Å². The van der Waals surface area contributed by atoms with Crippen molar-refractivity contribution in [1.82, 2.24) is 14.7 Å². The van der Waals surface area contributed by atoms with Crippen molar-refractivity contribution in [1.29, 1.82) is 0 Å². The Labute approximate surface area is 123 Å². The van der Waals surface area contributed by atoms with E-state index >= 15 is 0 Å². The molecule has 4 bridgehead atoms. The molecule has 5 heterocycles. The molecule has 0 aromatic heterocycles. The Balaban J connectivity index is 1.41. The smallest absolute Gasteiger partial charge is 0.231 e. The molecule has 0 saturated carbocycles. The SMILES string of the molecule is C(=NC12CN3CN(CN(C3)C1)C2)c1ccc2c(c1)OCO2. The van der Waals surface area contributed by atoms with Crippen molar-refractivity contribution in [2.24, 2.45) is 4.99 Å². The number of hydrogen-bond donors (Lipinski definition) is 0. The summed E-state index contributed by atoms with van der Waals surface area (Å²) in [5.41, 5.74) is 1.11. The first-order valence-corrected chi connectivity index (χ1v) is 7.40. The molecule has 0 unspecified atom stereocenters. The van der Waals surface area contributed by atoms with Crippen LogP contribution in [0.4, 0.5) is 0 Å². The fraction of sp³-hybridized carbons (Fsp3) is 0.533. The minimum absolute atomic E-state index is 0.0329. The maximum absolute atomic E-state index is 5.43. The zero-order valence-corrected chi connectivity index (χ0v) is 11.9. The fourth-order valence-corrected chi connectivity index (χ4v) is 4.01. The maximum Gasteiger partial charge on any atom is 0.231 e. The Bertz CT molecular complexity index is 580. The third-order valence-electron chi connectivity index (χ3n) is 4.64. The Morgan fingerprint density at radius 1 is 0.952 bits per heavy atom. The van der Waals surface area contributed by atoms with Crippen LogP contribution in [0.3, 0.4) is 0 Å². The molecule has 21 heavy (non-hydrogen) atoms. The Kier molecular flexibility index (Phi) is 2.39. The van der Waals surface area contributed by atoms with Gasteiger partial charge in [0.1, 0.15) is 0 Å². The summed E-state index contributed by atoms with van der Waals surface area (Å²) in [7, 11) is 0. The van der Waals surface area contributed by atoms with Gasteiger partial charge in [-0.15, -0.1) is 0 Å². The van der Waals surface area contributed by atoms with Gasteiger partial charge in [-0.3, -0.25) is 19.7 Å². The minimum Gasteiger partial charge on any atom is -0.454 e. The number of rotatable bonds is 2. The number of nitrogens with zero attached hydrogens (tertiary/aromatic N) is 4. The number of hydrogen-bond acceptors (Lipinski definition) is 6. The first-order valence-electron chi connectivity index (χ1n) is 7.40. The second-order valence-electron chi connectivity index (χ2n) is 6.51. The molecule has 5 aliphatic heterocycles. The highest BCUT2D eigenvalue weighted by Crippen LogP contribution is 2.33. The van der Waals surface area contributed by atoms with Crippen LogP contribution in [0.1, 0.15) is 5.56 Å². The quantitative estimate of drug-likeness (QED) is 0.736. The van der Waals surface area contributed by atoms with Crippen LogP contribution >= 0.6 is 0 Å². The van der Waals surface area contributed by atoms with E-state index in [0.29, 0.717) is 6.79 Å². The summed E-state index contributed by atoms with van der Waals surface area (Å²) in [6.45, 7) is 6.81. The zero-order chi connectivity index (χ0) is 13.9. The molecule has 6 nitrogen and oxygen atoms in total. The largest absolute Gasteiger partial charge is 0.454 e. The molecular formula is C15H18N4O2. The maximum atomic E-state index is 5.43. The van der Waals surface area contributed by atoms with Gasteiger partial charge < -0.3 is 9.47 Å². The lowest BCUT2D eigenvalue weighted by molar-refractivity contribution is -0.139. The molecule has 0 amide bonds. The van der Waals surface area contributed by atoms with E-state index in [2.05, 4.69) is 14.7 Å². The topological polar surface area (TPSA) is 40.5 Å². The highest BCUT2D eigenvalue weighted by Gasteiger charge is 2.48. The number of ether oxygens (including phenoxy) is 2. The third-order valence-corrected chi connectivity index (χ3v) is 4.64. The number of fused-ring (bicyclic) bond motifs is 1. The Morgan fingerprint density at radius 3 is 2.33 bits per heavy atom. The lowest BCUT2D eigenvalue weighted by Crippen LogP contribution is -2.75. The molecule has 0 aliphatic carbocycles. The van der Waals surface area contributed by atoms with E-state index in [-0.39, 0.29) is 5.54 Å². The highest BCUT2D eigenvalue weighted by atomic mass is 16.7. The first-order chi connectivity index (χ1) is 10.3. The number of aliphatic imine (C=N–C) groups is 1. The van der Waals surface area contributed by atoms with Crippen molar-refractivity contribution in [3.8, 4) is 11.5 Å². The minimum atomic E-state index is 0.0329.